The summed E-state index contributed by atoms with van der Waals surface area (Å²) in [5.74, 6) is 0. The lowest BCUT2D eigenvalue weighted by atomic mass is 9.33. The average molecular weight is 899 g/mol. The molecule has 2 nitrogen and oxygen atoms in total. The maximum Gasteiger partial charge on any atom is 0.252 e. The number of rotatable bonds is 5. The van der Waals surface area contributed by atoms with Crippen LogP contribution in [0, 0.1) is 0 Å². The lowest BCUT2D eigenvalue weighted by Crippen LogP contribution is -2.61. The Balaban J connectivity index is 1.07. The molecule has 15 rings (SSSR count). The van der Waals surface area contributed by atoms with E-state index < -0.39 is 0 Å². The third kappa shape index (κ3) is 6.30. The zero-order chi connectivity index (χ0) is 46.6. The van der Waals surface area contributed by atoms with Crippen molar-refractivity contribution in [3.8, 4) is 33.4 Å². The highest BCUT2D eigenvalue weighted by molar-refractivity contribution is 7.00. The maximum atomic E-state index is 2.57. The number of benzene rings is 13. The van der Waals surface area contributed by atoms with Gasteiger partial charge in [0.05, 0.1) is 0 Å². The van der Waals surface area contributed by atoms with Crippen molar-refractivity contribution in [2.75, 3.05) is 9.80 Å². The second kappa shape index (κ2) is 15.7. The molecular weight excluding hydrogens is 856 g/mol. The van der Waals surface area contributed by atoms with Crippen LogP contribution < -0.4 is 26.2 Å². The van der Waals surface area contributed by atoms with Gasteiger partial charge in [-0.25, -0.2) is 0 Å². The van der Waals surface area contributed by atoms with Crippen molar-refractivity contribution in [2.24, 2.45) is 0 Å². The van der Waals surface area contributed by atoms with Gasteiger partial charge in [-0.2, -0.15) is 0 Å². The molecule has 0 aromatic heterocycles. The zero-order valence-electron chi connectivity index (χ0n) is 38.8. The minimum Gasteiger partial charge on any atom is -0.311 e. The van der Waals surface area contributed by atoms with E-state index in [1.807, 2.05) is 0 Å². The minimum atomic E-state index is -0.0675. The highest BCUT2D eigenvalue weighted by Crippen LogP contribution is 2.48. The van der Waals surface area contributed by atoms with Crippen LogP contribution in [0.25, 0.3) is 87.2 Å². The second-order valence-corrected chi connectivity index (χ2v) is 19.3. The highest BCUT2D eigenvalue weighted by atomic mass is 15.2. The molecule has 2 aliphatic rings. The predicted octanol–water partition coefficient (Wildman–Crippen LogP) is 16.5. The van der Waals surface area contributed by atoms with E-state index in [-0.39, 0.29) is 6.71 Å². The Morgan fingerprint density at radius 3 is 1.13 bits per heavy atom. The van der Waals surface area contributed by atoms with Crippen LogP contribution in [0.2, 0.25) is 0 Å². The normalized spacial score (nSPS) is 12.7. The SMILES string of the molecule is c1ccc(-c2ccc(N3c4cc5c(ccc6ccccc65)cc4B4c5cc6ccc7ccccc7c6cc5N(c5ccc(-c6ccccc6)cc5)c5cc(-c6ccc7ccccc7c6)cc3c54)cc2)cc1. The Hall–Kier alpha value is -9.18. The fraction of sp³-hybridized carbons (Fsp3) is 0. The highest BCUT2D eigenvalue weighted by Gasteiger charge is 2.44. The number of hydrogen-bond donors (Lipinski definition) is 0. The fourth-order valence-electron chi connectivity index (χ4n) is 12.0. The van der Waals surface area contributed by atoms with Gasteiger partial charge in [0.15, 0.2) is 0 Å². The first-order valence-corrected chi connectivity index (χ1v) is 24.7. The molecular formula is C68H43BN2. The lowest BCUT2D eigenvalue weighted by molar-refractivity contribution is 1.26. The first kappa shape index (κ1) is 39.8. The first-order valence-electron chi connectivity index (χ1n) is 24.7. The molecule has 0 amide bonds. The van der Waals surface area contributed by atoms with Crippen LogP contribution in [0.5, 0.6) is 0 Å². The van der Waals surface area contributed by atoms with Crippen molar-refractivity contribution in [1.82, 2.24) is 0 Å². The third-order valence-electron chi connectivity index (χ3n) is 15.3. The molecule has 0 bridgehead atoms. The molecule has 0 saturated heterocycles. The van der Waals surface area contributed by atoms with Gasteiger partial charge in [0, 0.05) is 34.1 Å². The van der Waals surface area contributed by atoms with Crippen molar-refractivity contribution in [1.29, 1.82) is 0 Å². The van der Waals surface area contributed by atoms with E-state index in [4.69, 9.17) is 0 Å². The van der Waals surface area contributed by atoms with Crippen molar-refractivity contribution < 1.29 is 0 Å². The molecule has 71 heavy (non-hydrogen) atoms. The summed E-state index contributed by atoms with van der Waals surface area (Å²) in [6, 6.07) is 97.4. The van der Waals surface area contributed by atoms with Gasteiger partial charge in [0.1, 0.15) is 0 Å². The monoisotopic (exact) mass is 898 g/mol. The Morgan fingerprint density at radius 1 is 0.225 bits per heavy atom. The lowest BCUT2D eigenvalue weighted by Gasteiger charge is -2.45. The molecule has 0 N–H and O–H groups in total. The van der Waals surface area contributed by atoms with Crippen molar-refractivity contribution in [3.05, 3.63) is 261 Å². The van der Waals surface area contributed by atoms with Gasteiger partial charge in [-0.15, -0.1) is 0 Å². The van der Waals surface area contributed by atoms with Crippen LogP contribution in [0.3, 0.4) is 0 Å². The standard InChI is InChI=1S/C68H43BN2/c1-3-13-44(14-4-1)47-29-33-56(34-30-47)70-64-42-60-53(27-24-49-18-9-11-21-58(49)60)38-62(64)69-63-39-54-28-25-50-19-10-12-22-59(50)61(54)43-65(63)71(57-35-31-48(32-36-57)45-15-5-2-6-16-45)67-41-55(40-66(70)68(67)69)52-26-23-46-17-7-8-20-51(46)37-52/h1-43H. The molecule has 0 saturated carbocycles. The zero-order valence-corrected chi connectivity index (χ0v) is 38.8. The molecule has 0 atom stereocenters. The van der Waals surface area contributed by atoms with Crippen LogP contribution in [0.4, 0.5) is 34.1 Å². The largest absolute Gasteiger partial charge is 0.311 e. The first-order chi connectivity index (χ1) is 35.2. The van der Waals surface area contributed by atoms with E-state index in [1.54, 1.807) is 0 Å². The van der Waals surface area contributed by atoms with E-state index in [0.29, 0.717) is 0 Å². The summed E-state index contributed by atoms with van der Waals surface area (Å²) in [7, 11) is 0. The molecule has 0 unspecified atom stereocenters. The fourth-order valence-corrected chi connectivity index (χ4v) is 12.0. The van der Waals surface area contributed by atoms with Gasteiger partial charge >= 0.3 is 0 Å². The quantitative estimate of drug-likeness (QED) is 0.125. The van der Waals surface area contributed by atoms with E-state index in [1.165, 1.54) is 126 Å². The van der Waals surface area contributed by atoms with Gasteiger partial charge < -0.3 is 9.80 Å². The van der Waals surface area contributed by atoms with Gasteiger partial charge in [-0.1, -0.05) is 206 Å². The predicted molar refractivity (Wildman–Crippen MR) is 304 cm³/mol. The smallest absolute Gasteiger partial charge is 0.252 e. The summed E-state index contributed by atoms with van der Waals surface area (Å²) in [4.78, 5) is 5.14. The van der Waals surface area contributed by atoms with Crippen molar-refractivity contribution in [2.45, 2.75) is 0 Å². The number of hydrogen-bond acceptors (Lipinski definition) is 2. The molecule has 2 heterocycles. The summed E-state index contributed by atoms with van der Waals surface area (Å²) in [6.07, 6.45) is 0. The van der Waals surface area contributed by atoms with Crippen molar-refractivity contribution >= 4 is 111 Å². The molecule has 328 valence electrons. The van der Waals surface area contributed by atoms with E-state index in [2.05, 4.69) is 271 Å². The van der Waals surface area contributed by atoms with Gasteiger partial charge in [-0.05, 0) is 158 Å². The summed E-state index contributed by atoms with van der Waals surface area (Å²) in [5.41, 5.74) is 18.1. The molecule has 13 aromatic carbocycles. The van der Waals surface area contributed by atoms with Crippen molar-refractivity contribution in [3.63, 3.8) is 0 Å². The molecule has 3 heteroatoms. The Kier molecular flexibility index (Phi) is 8.79. The van der Waals surface area contributed by atoms with Gasteiger partial charge in [0.2, 0.25) is 0 Å². The molecule has 2 aliphatic heterocycles. The molecule has 0 spiro atoms. The minimum absolute atomic E-state index is 0.0675. The van der Waals surface area contributed by atoms with Gasteiger partial charge in [0.25, 0.3) is 6.71 Å². The van der Waals surface area contributed by atoms with Crippen LogP contribution >= 0.6 is 0 Å². The van der Waals surface area contributed by atoms with Crippen LogP contribution in [-0.2, 0) is 0 Å². The Morgan fingerprint density at radius 2 is 0.620 bits per heavy atom. The van der Waals surface area contributed by atoms with E-state index in [9.17, 15) is 0 Å². The molecule has 0 aliphatic carbocycles. The second-order valence-electron chi connectivity index (χ2n) is 19.3. The summed E-state index contributed by atoms with van der Waals surface area (Å²) in [5, 5.41) is 12.5. The van der Waals surface area contributed by atoms with Gasteiger partial charge in [-0.3, -0.25) is 0 Å². The number of nitrogens with zero attached hydrogens (tertiary/aromatic N) is 2. The maximum absolute atomic E-state index is 2.57. The van der Waals surface area contributed by atoms with E-state index in [0.717, 1.165) is 11.4 Å². The summed E-state index contributed by atoms with van der Waals surface area (Å²) in [6.45, 7) is -0.0675. The molecule has 0 radical (unpaired) electrons. The molecule has 13 aromatic rings. The summed E-state index contributed by atoms with van der Waals surface area (Å²) >= 11 is 0. The van der Waals surface area contributed by atoms with E-state index >= 15 is 0 Å². The topological polar surface area (TPSA) is 6.48 Å². The number of anilines is 6. The third-order valence-corrected chi connectivity index (χ3v) is 15.3. The Bertz CT molecular complexity index is 4040. The Labute approximate surface area is 413 Å². The molecule has 0 fully saturated rings. The van der Waals surface area contributed by atoms with Crippen LogP contribution in [0.15, 0.2) is 261 Å². The summed E-state index contributed by atoms with van der Waals surface area (Å²) < 4.78 is 0. The average Bonchev–Trinajstić information content (AvgIpc) is 3.44. The van der Waals surface area contributed by atoms with Crippen LogP contribution in [-0.4, -0.2) is 6.71 Å². The number of fused-ring (bicyclic) bond motifs is 11. The van der Waals surface area contributed by atoms with Crippen LogP contribution in [0.1, 0.15) is 0 Å².